The summed E-state index contributed by atoms with van der Waals surface area (Å²) in [5.41, 5.74) is 1.68. The lowest BCUT2D eigenvalue weighted by Crippen LogP contribution is -2.42. The van der Waals surface area contributed by atoms with Crippen molar-refractivity contribution in [3.63, 3.8) is 0 Å². The maximum Gasteiger partial charge on any atom is 0.244 e. The van der Waals surface area contributed by atoms with Crippen LogP contribution >= 0.6 is 0 Å². The molecule has 126 valence electrons. The maximum absolute atomic E-state index is 13.0. The lowest BCUT2D eigenvalue weighted by Gasteiger charge is -2.32. The van der Waals surface area contributed by atoms with E-state index in [1.807, 2.05) is 12.3 Å². The van der Waals surface area contributed by atoms with Gasteiger partial charge >= 0.3 is 0 Å². The Kier molecular flexibility index (Phi) is 4.41. The lowest BCUT2D eigenvalue weighted by atomic mass is 10.1. The Bertz CT molecular complexity index is 898. The number of hydrogen-bond acceptors (Lipinski definition) is 5. The van der Waals surface area contributed by atoms with Crippen LogP contribution in [0.3, 0.4) is 0 Å². The number of sulfonamides is 1. The van der Waals surface area contributed by atoms with Crippen molar-refractivity contribution < 1.29 is 13.2 Å². The molecule has 0 aliphatic carbocycles. The first-order valence-corrected chi connectivity index (χ1v) is 8.97. The first kappa shape index (κ1) is 16.6. The number of benzene rings is 1. The molecular formula is C16H18N4O3S. The molecule has 1 aromatic heterocycles. The van der Waals surface area contributed by atoms with Crippen LogP contribution in [-0.4, -0.2) is 42.2 Å². The monoisotopic (exact) mass is 346 g/mol. The molecule has 0 amide bonds. The number of hydrogen-bond donors (Lipinski definition) is 0. The molecule has 1 aromatic carbocycles. The topological polar surface area (TPSA) is 88.2 Å². The SMILES string of the molecule is Cc1cccc(S(=O)(=O)N2CCOC(c3cnn(C)c3)C2)c1C#N. The molecule has 1 unspecified atom stereocenters. The van der Waals surface area contributed by atoms with Crippen molar-refractivity contribution in [1.29, 1.82) is 5.26 Å². The fourth-order valence-corrected chi connectivity index (χ4v) is 4.43. The van der Waals surface area contributed by atoms with Crippen LogP contribution in [0.5, 0.6) is 0 Å². The van der Waals surface area contributed by atoms with E-state index in [2.05, 4.69) is 5.10 Å². The van der Waals surface area contributed by atoms with Gasteiger partial charge in [0.2, 0.25) is 10.0 Å². The molecule has 3 rings (SSSR count). The molecule has 8 heteroatoms. The smallest absolute Gasteiger partial charge is 0.244 e. The van der Waals surface area contributed by atoms with E-state index in [0.29, 0.717) is 12.2 Å². The van der Waals surface area contributed by atoms with Crippen LogP contribution in [0.25, 0.3) is 0 Å². The Hall–Kier alpha value is -2.21. The third kappa shape index (κ3) is 2.94. The predicted molar refractivity (Wildman–Crippen MR) is 86.6 cm³/mol. The molecule has 0 N–H and O–H groups in total. The number of aryl methyl sites for hydroxylation is 2. The quantitative estimate of drug-likeness (QED) is 0.837. The van der Waals surface area contributed by atoms with Crippen LogP contribution in [-0.2, 0) is 21.8 Å². The van der Waals surface area contributed by atoms with Gasteiger partial charge in [-0.1, -0.05) is 12.1 Å². The van der Waals surface area contributed by atoms with E-state index in [1.54, 1.807) is 37.0 Å². The highest BCUT2D eigenvalue weighted by molar-refractivity contribution is 7.89. The molecule has 2 heterocycles. The normalized spacial score (nSPS) is 19.1. The van der Waals surface area contributed by atoms with Gasteiger partial charge in [-0.3, -0.25) is 4.68 Å². The molecule has 0 bridgehead atoms. The van der Waals surface area contributed by atoms with Crippen molar-refractivity contribution in [1.82, 2.24) is 14.1 Å². The van der Waals surface area contributed by atoms with Crippen LogP contribution in [0, 0.1) is 18.3 Å². The van der Waals surface area contributed by atoms with E-state index >= 15 is 0 Å². The summed E-state index contributed by atoms with van der Waals surface area (Å²) in [6, 6.07) is 6.87. The second-order valence-corrected chi connectivity index (χ2v) is 7.64. The van der Waals surface area contributed by atoms with Gasteiger partial charge in [-0.05, 0) is 18.6 Å². The summed E-state index contributed by atoms with van der Waals surface area (Å²) in [5, 5.41) is 13.4. The predicted octanol–water partition coefficient (Wildman–Crippen LogP) is 1.36. The average molecular weight is 346 g/mol. The van der Waals surface area contributed by atoms with E-state index in [-0.39, 0.29) is 29.7 Å². The van der Waals surface area contributed by atoms with E-state index < -0.39 is 10.0 Å². The fourth-order valence-electron chi connectivity index (χ4n) is 2.79. The molecule has 7 nitrogen and oxygen atoms in total. The van der Waals surface area contributed by atoms with Crippen molar-refractivity contribution in [3.8, 4) is 6.07 Å². The van der Waals surface area contributed by atoms with E-state index in [9.17, 15) is 13.7 Å². The summed E-state index contributed by atoms with van der Waals surface area (Å²) in [7, 11) is -1.96. The molecule has 24 heavy (non-hydrogen) atoms. The van der Waals surface area contributed by atoms with Crippen molar-refractivity contribution in [3.05, 3.63) is 47.3 Å². The zero-order valence-corrected chi connectivity index (χ0v) is 14.3. The van der Waals surface area contributed by atoms with Gasteiger partial charge in [-0.2, -0.15) is 14.7 Å². The van der Waals surface area contributed by atoms with Crippen molar-refractivity contribution in [2.75, 3.05) is 19.7 Å². The molecule has 2 aromatic rings. The van der Waals surface area contributed by atoms with Gasteiger partial charge in [-0.25, -0.2) is 8.42 Å². The third-order valence-electron chi connectivity index (χ3n) is 4.09. The minimum Gasteiger partial charge on any atom is -0.371 e. The van der Waals surface area contributed by atoms with E-state index in [4.69, 9.17) is 4.74 Å². The molecule has 1 aliphatic heterocycles. The van der Waals surface area contributed by atoms with Gasteiger partial charge in [0.15, 0.2) is 0 Å². The third-order valence-corrected chi connectivity index (χ3v) is 6.00. The highest BCUT2D eigenvalue weighted by Gasteiger charge is 2.33. The Balaban J connectivity index is 1.93. The molecule has 1 atom stereocenters. The van der Waals surface area contributed by atoms with Gasteiger partial charge in [0.1, 0.15) is 11.0 Å². The number of morpholine rings is 1. The van der Waals surface area contributed by atoms with Crippen LogP contribution < -0.4 is 0 Å². The fraction of sp³-hybridized carbons (Fsp3) is 0.375. The van der Waals surface area contributed by atoms with E-state index in [1.165, 1.54) is 10.4 Å². The van der Waals surface area contributed by atoms with Crippen molar-refractivity contribution >= 4 is 10.0 Å². The number of aromatic nitrogens is 2. The molecule has 1 fully saturated rings. The van der Waals surface area contributed by atoms with Gasteiger partial charge < -0.3 is 4.74 Å². The second kappa shape index (κ2) is 6.36. The lowest BCUT2D eigenvalue weighted by molar-refractivity contribution is -0.00259. The molecular weight excluding hydrogens is 328 g/mol. The zero-order valence-electron chi connectivity index (χ0n) is 13.5. The molecule has 0 saturated carbocycles. The maximum atomic E-state index is 13.0. The summed E-state index contributed by atoms with van der Waals surface area (Å²) in [4.78, 5) is 0.0526. The summed E-state index contributed by atoms with van der Waals surface area (Å²) in [6.45, 7) is 2.49. The van der Waals surface area contributed by atoms with Gasteiger partial charge in [0.25, 0.3) is 0 Å². The molecule has 1 saturated heterocycles. The number of nitriles is 1. The Labute approximate surface area is 141 Å². The standard InChI is InChI=1S/C16H18N4O3S/c1-12-4-3-5-16(14(12)8-17)24(21,22)20-6-7-23-15(11-20)13-9-18-19(2)10-13/h3-5,9-10,15H,6-7,11H2,1-2H3. The Morgan fingerprint density at radius 3 is 2.88 bits per heavy atom. The first-order chi connectivity index (χ1) is 11.4. The van der Waals surface area contributed by atoms with Crippen LogP contribution in [0.1, 0.15) is 22.8 Å². The summed E-state index contributed by atoms with van der Waals surface area (Å²) in [6.07, 6.45) is 3.13. The number of rotatable bonds is 3. The Morgan fingerprint density at radius 2 is 2.21 bits per heavy atom. The second-order valence-electron chi connectivity index (χ2n) is 5.73. The van der Waals surface area contributed by atoms with Crippen molar-refractivity contribution in [2.45, 2.75) is 17.9 Å². The average Bonchev–Trinajstić information content (AvgIpc) is 3.01. The molecule has 0 spiro atoms. The summed E-state index contributed by atoms with van der Waals surface area (Å²) >= 11 is 0. The minimum atomic E-state index is -3.76. The van der Waals surface area contributed by atoms with Gasteiger partial charge in [0.05, 0.1) is 24.5 Å². The Morgan fingerprint density at radius 1 is 1.42 bits per heavy atom. The highest BCUT2D eigenvalue weighted by Crippen LogP contribution is 2.28. The molecule has 1 aliphatic rings. The molecule has 0 radical (unpaired) electrons. The zero-order chi connectivity index (χ0) is 17.3. The van der Waals surface area contributed by atoms with Crippen LogP contribution in [0.15, 0.2) is 35.5 Å². The first-order valence-electron chi connectivity index (χ1n) is 7.53. The summed E-state index contributed by atoms with van der Waals surface area (Å²) in [5.74, 6) is 0. The summed E-state index contributed by atoms with van der Waals surface area (Å²) < 4.78 is 34.7. The minimum absolute atomic E-state index is 0.0526. The van der Waals surface area contributed by atoms with Gasteiger partial charge in [-0.15, -0.1) is 0 Å². The van der Waals surface area contributed by atoms with Crippen molar-refractivity contribution in [2.24, 2.45) is 7.05 Å². The number of nitrogens with zero attached hydrogens (tertiary/aromatic N) is 4. The number of ether oxygens (including phenoxy) is 1. The van der Waals surface area contributed by atoms with E-state index in [0.717, 1.165) is 5.56 Å². The van der Waals surface area contributed by atoms with Crippen LogP contribution in [0.4, 0.5) is 0 Å². The van der Waals surface area contributed by atoms with Crippen LogP contribution in [0.2, 0.25) is 0 Å². The van der Waals surface area contributed by atoms with Gasteiger partial charge in [0, 0.05) is 31.9 Å². The largest absolute Gasteiger partial charge is 0.371 e. The highest BCUT2D eigenvalue weighted by atomic mass is 32.2.